The SMILES string of the molecule is NC1CC(F)Cn2cc(-c3ccc(F)c(F)c3)nc21. The third kappa shape index (κ3) is 2.12. The van der Waals surface area contributed by atoms with Crippen LogP contribution in [0.4, 0.5) is 13.2 Å². The number of halogens is 3. The molecule has 0 spiro atoms. The number of hydrogen-bond donors (Lipinski definition) is 1. The number of fused-ring (bicyclic) bond motifs is 1. The van der Waals surface area contributed by atoms with Crippen molar-refractivity contribution in [2.75, 3.05) is 0 Å². The van der Waals surface area contributed by atoms with Crippen LogP contribution < -0.4 is 5.73 Å². The van der Waals surface area contributed by atoms with Crippen LogP contribution in [-0.2, 0) is 6.54 Å². The van der Waals surface area contributed by atoms with E-state index in [0.29, 0.717) is 17.1 Å². The molecule has 1 aliphatic rings. The minimum absolute atomic E-state index is 0.194. The first-order chi connectivity index (χ1) is 9.04. The lowest BCUT2D eigenvalue weighted by Gasteiger charge is -2.22. The van der Waals surface area contributed by atoms with Crippen LogP contribution in [0.3, 0.4) is 0 Å². The van der Waals surface area contributed by atoms with E-state index < -0.39 is 23.8 Å². The lowest BCUT2D eigenvalue weighted by Crippen LogP contribution is -2.29. The highest BCUT2D eigenvalue weighted by molar-refractivity contribution is 5.58. The second-order valence-electron chi connectivity index (χ2n) is 4.71. The van der Waals surface area contributed by atoms with Gasteiger partial charge in [-0.3, -0.25) is 0 Å². The van der Waals surface area contributed by atoms with Crippen LogP contribution in [0.5, 0.6) is 0 Å². The van der Waals surface area contributed by atoms with E-state index in [1.807, 2.05) is 0 Å². The summed E-state index contributed by atoms with van der Waals surface area (Å²) in [5.74, 6) is -1.27. The predicted molar refractivity (Wildman–Crippen MR) is 64.0 cm³/mol. The lowest BCUT2D eigenvalue weighted by atomic mass is 10.1. The van der Waals surface area contributed by atoms with E-state index in [0.717, 1.165) is 12.1 Å². The molecule has 2 aromatic rings. The Kier molecular flexibility index (Phi) is 2.82. The minimum Gasteiger partial charge on any atom is -0.330 e. The number of nitrogens with two attached hydrogens (primary N) is 1. The van der Waals surface area contributed by atoms with Crippen LogP contribution >= 0.6 is 0 Å². The third-order valence-corrected chi connectivity index (χ3v) is 3.26. The molecule has 1 aromatic carbocycles. The van der Waals surface area contributed by atoms with Crippen molar-refractivity contribution in [3.05, 3.63) is 41.9 Å². The van der Waals surface area contributed by atoms with Crippen LogP contribution in [0.2, 0.25) is 0 Å². The molecule has 0 fully saturated rings. The van der Waals surface area contributed by atoms with Crippen molar-refractivity contribution in [3.63, 3.8) is 0 Å². The maximum Gasteiger partial charge on any atom is 0.159 e. The molecule has 2 N–H and O–H groups in total. The first kappa shape index (κ1) is 12.2. The van der Waals surface area contributed by atoms with Gasteiger partial charge in [0.1, 0.15) is 12.0 Å². The summed E-state index contributed by atoms with van der Waals surface area (Å²) in [5, 5.41) is 0. The number of benzene rings is 1. The second kappa shape index (κ2) is 4.38. The molecule has 0 bridgehead atoms. The van der Waals surface area contributed by atoms with Gasteiger partial charge in [0.2, 0.25) is 0 Å². The fourth-order valence-corrected chi connectivity index (χ4v) is 2.34. The topological polar surface area (TPSA) is 43.8 Å². The van der Waals surface area contributed by atoms with Crippen molar-refractivity contribution in [3.8, 4) is 11.3 Å². The van der Waals surface area contributed by atoms with E-state index >= 15 is 0 Å². The normalized spacial score (nSPS) is 22.3. The minimum atomic E-state index is -1.01. The number of imidazole rings is 1. The summed E-state index contributed by atoms with van der Waals surface area (Å²) in [6, 6.07) is 3.08. The van der Waals surface area contributed by atoms with E-state index in [-0.39, 0.29) is 13.0 Å². The second-order valence-corrected chi connectivity index (χ2v) is 4.71. The number of rotatable bonds is 1. The quantitative estimate of drug-likeness (QED) is 0.863. The third-order valence-electron chi connectivity index (χ3n) is 3.26. The van der Waals surface area contributed by atoms with Crippen LogP contribution in [0.15, 0.2) is 24.4 Å². The van der Waals surface area contributed by atoms with Crippen molar-refractivity contribution < 1.29 is 13.2 Å². The fraction of sp³-hybridized carbons (Fsp3) is 0.308. The molecule has 0 saturated heterocycles. The summed E-state index contributed by atoms with van der Waals surface area (Å²) in [6.07, 6.45) is 0.844. The van der Waals surface area contributed by atoms with Crippen molar-refractivity contribution in [2.45, 2.75) is 25.2 Å². The molecule has 2 atom stereocenters. The monoisotopic (exact) mass is 267 g/mol. The van der Waals surface area contributed by atoms with Gasteiger partial charge in [-0.2, -0.15) is 0 Å². The Morgan fingerprint density at radius 1 is 1.26 bits per heavy atom. The molecular formula is C13H12F3N3. The van der Waals surface area contributed by atoms with Gasteiger partial charge in [-0.1, -0.05) is 0 Å². The van der Waals surface area contributed by atoms with Crippen LogP contribution in [-0.4, -0.2) is 15.7 Å². The first-order valence-electron chi connectivity index (χ1n) is 5.96. The summed E-state index contributed by atoms with van der Waals surface area (Å²) in [4.78, 5) is 4.29. The van der Waals surface area contributed by atoms with Crippen LogP contribution in [0, 0.1) is 11.6 Å². The molecule has 1 aliphatic heterocycles. The Balaban J connectivity index is 2.03. The van der Waals surface area contributed by atoms with E-state index in [2.05, 4.69) is 4.98 Å². The molecule has 2 unspecified atom stereocenters. The summed E-state index contributed by atoms with van der Waals surface area (Å²) in [5.41, 5.74) is 6.74. The van der Waals surface area contributed by atoms with Gasteiger partial charge in [-0.25, -0.2) is 18.2 Å². The highest BCUT2D eigenvalue weighted by Gasteiger charge is 2.26. The average molecular weight is 267 g/mol. The smallest absolute Gasteiger partial charge is 0.159 e. The summed E-state index contributed by atoms with van der Waals surface area (Å²) in [7, 11) is 0. The lowest BCUT2D eigenvalue weighted by molar-refractivity contribution is 0.230. The zero-order valence-corrected chi connectivity index (χ0v) is 9.98. The maximum atomic E-state index is 13.4. The van der Waals surface area contributed by atoms with Gasteiger partial charge in [-0.05, 0) is 18.2 Å². The standard InChI is InChI=1S/C13H12F3N3/c14-8-4-11(17)13-18-12(6-19(13)5-8)7-1-2-9(15)10(16)3-7/h1-3,6,8,11H,4-5,17H2. The Morgan fingerprint density at radius 3 is 2.79 bits per heavy atom. The Bertz CT molecular complexity index is 624. The number of aromatic nitrogens is 2. The summed E-state index contributed by atoms with van der Waals surface area (Å²) < 4.78 is 41.1. The Hall–Kier alpha value is -1.82. The Morgan fingerprint density at radius 2 is 2.05 bits per heavy atom. The van der Waals surface area contributed by atoms with Crippen molar-refractivity contribution >= 4 is 0 Å². The summed E-state index contributed by atoms with van der Waals surface area (Å²) in [6.45, 7) is 0.194. The molecule has 0 amide bonds. The molecular weight excluding hydrogens is 255 g/mol. The van der Waals surface area contributed by atoms with Crippen LogP contribution in [0.25, 0.3) is 11.3 Å². The van der Waals surface area contributed by atoms with Crippen molar-refractivity contribution in [1.29, 1.82) is 0 Å². The largest absolute Gasteiger partial charge is 0.330 e. The molecule has 2 heterocycles. The van der Waals surface area contributed by atoms with Crippen molar-refractivity contribution in [1.82, 2.24) is 9.55 Å². The molecule has 3 nitrogen and oxygen atoms in total. The van der Waals surface area contributed by atoms with E-state index in [1.165, 1.54) is 6.07 Å². The molecule has 100 valence electrons. The Labute approximate surface area is 107 Å². The van der Waals surface area contributed by atoms with Gasteiger partial charge in [-0.15, -0.1) is 0 Å². The molecule has 19 heavy (non-hydrogen) atoms. The first-order valence-corrected chi connectivity index (χ1v) is 5.96. The van der Waals surface area contributed by atoms with Crippen LogP contribution in [0.1, 0.15) is 18.3 Å². The summed E-state index contributed by atoms with van der Waals surface area (Å²) >= 11 is 0. The van der Waals surface area contributed by atoms with Crippen molar-refractivity contribution in [2.24, 2.45) is 5.73 Å². The van der Waals surface area contributed by atoms with Gasteiger partial charge < -0.3 is 10.3 Å². The molecule has 3 rings (SSSR count). The zero-order chi connectivity index (χ0) is 13.6. The highest BCUT2D eigenvalue weighted by Crippen LogP contribution is 2.28. The molecule has 0 saturated carbocycles. The van der Waals surface area contributed by atoms with E-state index in [4.69, 9.17) is 5.73 Å². The van der Waals surface area contributed by atoms with E-state index in [9.17, 15) is 13.2 Å². The predicted octanol–water partition coefficient (Wildman–Crippen LogP) is 2.57. The van der Waals surface area contributed by atoms with Gasteiger partial charge in [0.15, 0.2) is 11.6 Å². The maximum absolute atomic E-state index is 13.4. The molecule has 1 aromatic heterocycles. The zero-order valence-electron chi connectivity index (χ0n) is 9.98. The number of hydrogen-bond acceptors (Lipinski definition) is 2. The number of alkyl halides is 1. The van der Waals surface area contributed by atoms with Gasteiger partial charge in [0.25, 0.3) is 0 Å². The highest BCUT2D eigenvalue weighted by atomic mass is 19.2. The molecule has 0 aliphatic carbocycles. The van der Waals surface area contributed by atoms with Gasteiger partial charge >= 0.3 is 0 Å². The number of nitrogens with zero attached hydrogens (tertiary/aromatic N) is 2. The fourth-order valence-electron chi connectivity index (χ4n) is 2.34. The van der Waals surface area contributed by atoms with E-state index in [1.54, 1.807) is 10.8 Å². The van der Waals surface area contributed by atoms with Gasteiger partial charge in [0, 0.05) is 18.2 Å². The average Bonchev–Trinajstić information content (AvgIpc) is 2.76. The molecule has 6 heteroatoms. The molecule has 0 radical (unpaired) electrons. The van der Waals surface area contributed by atoms with Gasteiger partial charge in [0.05, 0.1) is 18.3 Å².